The van der Waals surface area contributed by atoms with Crippen molar-refractivity contribution in [1.82, 2.24) is 4.57 Å². The quantitative estimate of drug-likeness (QED) is 0.899. The Labute approximate surface area is 123 Å². The fourth-order valence-corrected chi connectivity index (χ4v) is 2.91. The molecule has 3 nitrogen and oxygen atoms in total. The molecule has 0 aliphatic heterocycles. The van der Waals surface area contributed by atoms with E-state index in [0.717, 1.165) is 37.1 Å². The Morgan fingerprint density at radius 3 is 2.60 bits per heavy atom. The van der Waals surface area contributed by atoms with Crippen molar-refractivity contribution in [2.75, 3.05) is 5.32 Å². The first-order chi connectivity index (χ1) is 9.74. The first kappa shape index (κ1) is 13.3. The third kappa shape index (κ3) is 2.73. The van der Waals surface area contributed by atoms with Gasteiger partial charge in [0.1, 0.15) is 0 Å². The van der Waals surface area contributed by atoms with Crippen LogP contribution in [0.15, 0.2) is 42.7 Å². The Kier molecular flexibility index (Phi) is 3.79. The molecule has 1 aliphatic rings. The summed E-state index contributed by atoms with van der Waals surface area (Å²) in [4.78, 5) is 12.3. The lowest BCUT2D eigenvalue weighted by Crippen LogP contribution is -2.21. The molecule has 0 bridgehead atoms. The smallest absolute Gasteiger partial charge is 0.227 e. The number of hydrogen-bond donors (Lipinski definition) is 1. The normalized spacial score (nSPS) is 15.4. The van der Waals surface area contributed by atoms with Gasteiger partial charge in [-0.2, -0.15) is 0 Å². The van der Waals surface area contributed by atoms with Gasteiger partial charge in [0.25, 0.3) is 0 Å². The van der Waals surface area contributed by atoms with E-state index in [1.54, 1.807) is 6.07 Å². The monoisotopic (exact) mass is 288 g/mol. The SMILES string of the molecule is O=C(Nc1ccc(Cl)cc1-n1cccc1)C1CCCC1. The van der Waals surface area contributed by atoms with Crippen molar-refractivity contribution >= 4 is 23.2 Å². The lowest BCUT2D eigenvalue weighted by atomic mass is 10.1. The van der Waals surface area contributed by atoms with Crippen LogP contribution in [0.25, 0.3) is 5.69 Å². The predicted octanol–water partition coefficient (Wildman–Crippen LogP) is 4.26. The van der Waals surface area contributed by atoms with Gasteiger partial charge < -0.3 is 9.88 Å². The highest BCUT2D eigenvalue weighted by atomic mass is 35.5. The van der Waals surface area contributed by atoms with E-state index in [1.165, 1.54) is 0 Å². The number of nitrogens with one attached hydrogen (secondary N) is 1. The van der Waals surface area contributed by atoms with Gasteiger partial charge in [-0.15, -0.1) is 0 Å². The Morgan fingerprint density at radius 1 is 1.20 bits per heavy atom. The van der Waals surface area contributed by atoms with Crippen LogP contribution in [0, 0.1) is 5.92 Å². The van der Waals surface area contributed by atoms with Crippen LogP contribution < -0.4 is 5.32 Å². The van der Waals surface area contributed by atoms with Crippen LogP contribution in [-0.2, 0) is 4.79 Å². The molecule has 1 heterocycles. The van der Waals surface area contributed by atoms with Crippen LogP contribution in [0.1, 0.15) is 25.7 Å². The largest absolute Gasteiger partial charge is 0.324 e. The summed E-state index contributed by atoms with van der Waals surface area (Å²) in [6.45, 7) is 0. The van der Waals surface area contributed by atoms with Gasteiger partial charge in [-0.1, -0.05) is 24.4 Å². The number of benzene rings is 1. The Balaban J connectivity index is 1.87. The maximum atomic E-state index is 12.3. The number of halogens is 1. The molecule has 0 saturated heterocycles. The molecule has 1 aliphatic carbocycles. The number of aromatic nitrogens is 1. The summed E-state index contributed by atoms with van der Waals surface area (Å²) in [5.41, 5.74) is 1.70. The molecule has 1 saturated carbocycles. The fraction of sp³-hybridized carbons (Fsp3) is 0.312. The molecule has 3 rings (SSSR count). The number of anilines is 1. The van der Waals surface area contributed by atoms with E-state index in [4.69, 9.17) is 11.6 Å². The highest BCUT2D eigenvalue weighted by Crippen LogP contribution is 2.29. The van der Waals surface area contributed by atoms with Gasteiger partial charge in [-0.3, -0.25) is 4.79 Å². The van der Waals surface area contributed by atoms with Crippen LogP contribution in [0.3, 0.4) is 0 Å². The lowest BCUT2D eigenvalue weighted by molar-refractivity contribution is -0.119. The molecule has 104 valence electrons. The van der Waals surface area contributed by atoms with Crippen molar-refractivity contribution < 1.29 is 4.79 Å². The maximum absolute atomic E-state index is 12.3. The molecular weight excluding hydrogens is 272 g/mol. The summed E-state index contributed by atoms with van der Waals surface area (Å²) >= 11 is 6.07. The molecule has 1 aromatic carbocycles. The molecule has 1 aromatic heterocycles. The average Bonchev–Trinajstić information content (AvgIpc) is 3.13. The van der Waals surface area contributed by atoms with Gasteiger partial charge in [-0.05, 0) is 43.2 Å². The number of carbonyl (C=O) groups excluding carboxylic acids is 1. The van der Waals surface area contributed by atoms with Crippen molar-refractivity contribution in [3.8, 4) is 5.69 Å². The van der Waals surface area contributed by atoms with Gasteiger partial charge in [0.15, 0.2) is 0 Å². The zero-order chi connectivity index (χ0) is 13.9. The second-order valence-corrected chi connectivity index (χ2v) is 5.66. The first-order valence-electron chi connectivity index (χ1n) is 6.98. The second-order valence-electron chi connectivity index (χ2n) is 5.22. The molecule has 0 atom stereocenters. The molecular formula is C16H17ClN2O. The molecule has 1 N–H and O–H groups in total. The van der Waals surface area contributed by atoms with Crippen molar-refractivity contribution in [3.63, 3.8) is 0 Å². The van der Waals surface area contributed by atoms with Gasteiger partial charge in [-0.25, -0.2) is 0 Å². The van der Waals surface area contributed by atoms with E-state index >= 15 is 0 Å². The predicted molar refractivity (Wildman–Crippen MR) is 81.4 cm³/mol. The van der Waals surface area contributed by atoms with Crippen LogP contribution >= 0.6 is 11.6 Å². The van der Waals surface area contributed by atoms with Crippen molar-refractivity contribution in [1.29, 1.82) is 0 Å². The highest BCUT2D eigenvalue weighted by molar-refractivity contribution is 6.30. The second kappa shape index (κ2) is 5.71. The third-order valence-corrected chi connectivity index (χ3v) is 4.06. The maximum Gasteiger partial charge on any atom is 0.227 e. The van der Waals surface area contributed by atoms with E-state index in [0.29, 0.717) is 5.02 Å². The Bertz CT molecular complexity index is 601. The topological polar surface area (TPSA) is 34.0 Å². The Morgan fingerprint density at radius 2 is 1.90 bits per heavy atom. The van der Waals surface area contributed by atoms with Crippen molar-refractivity contribution in [3.05, 3.63) is 47.7 Å². The summed E-state index contributed by atoms with van der Waals surface area (Å²) in [7, 11) is 0. The van der Waals surface area contributed by atoms with Crippen LogP contribution in [0.2, 0.25) is 5.02 Å². The molecule has 0 unspecified atom stereocenters. The average molecular weight is 289 g/mol. The molecule has 2 aromatic rings. The standard InChI is InChI=1S/C16H17ClN2O/c17-13-7-8-14(15(11-13)19-9-3-4-10-19)18-16(20)12-5-1-2-6-12/h3-4,7-12H,1-2,5-6H2,(H,18,20). The van der Waals surface area contributed by atoms with E-state index < -0.39 is 0 Å². The number of rotatable bonds is 3. The van der Waals surface area contributed by atoms with Crippen LogP contribution in [0.4, 0.5) is 5.69 Å². The van der Waals surface area contributed by atoms with Crippen LogP contribution in [0.5, 0.6) is 0 Å². The highest BCUT2D eigenvalue weighted by Gasteiger charge is 2.23. The molecule has 0 radical (unpaired) electrons. The number of carbonyl (C=O) groups is 1. The molecule has 1 fully saturated rings. The van der Waals surface area contributed by atoms with E-state index in [9.17, 15) is 4.79 Å². The minimum Gasteiger partial charge on any atom is -0.324 e. The van der Waals surface area contributed by atoms with Gasteiger partial charge in [0.05, 0.1) is 11.4 Å². The van der Waals surface area contributed by atoms with Crippen molar-refractivity contribution in [2.24, 2.45) is 5.92 Å². The summed E-state index contributed by atoms with van der Waals surface area (Å²) in [5.74, 6) is 0.279. The molecule has 1 amide bonds. The van der Waals surface area contributed by atoms with Crippen LogP contribution in [-0.4, -0.2) is 10.5 Å². The van der Waals surface area contributed by atoms with E-state index in [2.05, 4.69) is 5.32 Å². The number of amides is 1. The minimum absolute atomic E-state index is 0.123. The summed E-state index contributed by atoms with van der Waals surface area (Å²) in [6, 6.07) is 9.43. The summed E-state index contributed by atoms with van der Waals surface area (Å²) in [6.07, 6.45) is 8.19. The van der Waals surface area contributed by atoms with E-state index in [1.807, 2.05) is 41.2 Å². The zero-order valence-electron chi connectivity index (χ0n) is 11.2. The molecule has 0 spiro atoms. The number of nitrogens with zero attached hydrogens (tertiary/aromatic N) is 1. The Hall–Kier alpha value is -1.74. The van der Waals surface area contributed by atoms with E-state index in [-0.39, 0.29) is 11.8 Å². The third-order valence-electron chi connectivity index (χ3n) is 3.83. The summed E-state index contributed by atoms with van der Waals surface area (Å²) < 4.78 is 1.95. The fourth-order valence-electron chi connectivity index (χ4n) is 2.74. The summed E-state index contributed by atoms with van der Waals surface area (Å²) in [5, 5.41) is 3.71. The number of hydrogen-bond acceptors (Lipinski definition) is 1. The van der Waals surface area contributed by atoms with Crippen molar-refractivity contribution in [2.45, 2.75) is 25.7 Å². The van der Waals surface area contributed by atoms with Gasteiger partial charge in [0, 0.05) is 23.3 Å². The minimum atomic E-state index is 0.123. The lowest BCUT2D eigenvalue weighted by Gasteiger charge is -2.15. The molecule has 20 heavy (non-hydrogen) atoms. The molecule has 4 heteroatoms. The first-order valence-corrected chi connectivity index (χ1v) is 7.35. The van der Waals surface area contributed by atoms with Gasteiger partial charge >= 0.3 is 0 Å². The zero-order valence-corrected chi connectivity index (χ0v) is 11.9. The van der Waals surface area contributed by atoms with Gasteiger partial charge in [0.2, 0.25) is 5.91 Å².